The van der Waals surface area contributed by atoms with Crippen LogP contribution in [-0.2, 0) is 16.2 Å². The summed E-state index contributed by atoms with van der Waals surface area (Å²) in [6.45, 7) is 21.5. The van der Waals surface area contributed by atoms with Gasteiger partial charge in [-0.3, -0.25) is 4.57 Å². The third-order valence-corrected chi connectivity index (χ3v) is 15.5. The van der Waals surface area contributed by atoms with Crippen LogP contribution in [0.25, 0.3) is 49.9 Å². The Kier molecular flexibility index (Phi) is 7.59. The summed E-state index contributed by atoms with van der Waals surface area (Å²) in [6, 6.07) is 57.7. The van der Waals surface area contributed by atoms with Crippen molar-refractivity contribution in [2.24, 2.45) is 15.4 Å². The SMILES string of the molecule is C=C(/N=C(\N=C(C)c1ccccc1)c1ccccc1)n1c2cc3c(cc2c2cc4c(cc21)C(C)(C)C(C)(C)C4(C)C)-c1ccccc1C31c2ccccc2-c2ccccc21. The maximum Gasteiger partial charge on any atom is 0.161 e. The zero-order chi connectivity index (χ0) is 41.3. The average molecular weight is 776 g/mol. The van der Waals surface area contributed by atoms with Crippen LogP contribution in [0.3, 0.4) is 0 Å². The zero-order valence-electron chi connectivity index (χ0n) is 35.6. The van der Waals surface area contributed by atoms with E-state index >= 15 is 0 Å². The highest BCUT2D eigenvalue weighted by Gasteiger charge is 2.57. The predicted molar refractivity (Wildman–Crippen MR) is 253 cm³/mol. The molecule has 0 amide bonds. The number of hydrogen-bond donors (Lipinski definition) is 0. The van der Waals surface area contributed by atoms with E-state index in [4.69, 9.17) is 16.6 Å². The number of aliphatic imine (C=N–C) groups is 2. The Hall–Kier alpha value is -6.58. The number of aromatic nitrogens is 1. The first-order valence-corrected chi connectivity index (χ1v) is 21.3. The maximum atomic E-state index is 5.43. The summed E-state index contributed by atoms with van der Waals surface area (Å²) in [6.07, 6.45) is 0. The highest BCUT2D eigenvalue weighted by molar-refractivity contribution is 6.15. The summed E-state index contributed by atoms with van der Waals surface area (Å²) < 4.78 is 2.33. The van der Waals surface area contributed by atoms with E-state index in [-0.39, 0.29) is 16.2 Å². The van der Waals surface area contributed by atoms with Gasteiger partial charge in [0.05, 0.1) is 16.4 Å². The maximum absolute atomic E-state index is 5.43. The van der Waals surface area contributed by atoms with E-state index < -0.39 is 5.41 Å². The Bertz CT molecular complexity index is 3140. The van der Waals surface area contributed by atoms with Crippen LogP contribution in [-0.4, -0.2) is 16.1 Å². The Morgan fingerprint density at radius 1 is 0.450 bits per heavy atom. The van der Waals surface area contributed by atoms with E-state index in [1.54, 1.807) is 0 Å². The minimum atomic E-state index is -0.471. The largest absolute Gasteiger partial charge is 0.294 e. The Labute approximate surface area is 353 Å². The summed E-state index contributed by atoms with van der Waals surface area (Å²) in [5, 5.41) is 2.43. The van der Waals surface area contributed by atoms with Crippen LogP contribution < -0.4 is 0 Å². The fraction of sp³-hybridized carbons (Fsp3) is 0.193. The molecule has 1 aromatic heterocycles. The molecule has 3 aliphatic carbocycles. The van der Waals surface area contributed by atoms with Crippen LogP contribution >= 0.6 is 0 Å². The molecule has 3 nitrogen and oxygen atoms in total. The minimum absolute atomic E-state index is 0.0108. The number of amidine groups is 1. The molecule has 0 unspecified atom stereocenters. The minimum Gasteiger partial charge on any atom is -0.294 e. The molecular formula is C57H49N3. The van der Waals surface area contributed by atoms with E-state index in [0.29, 0.717) is 11.7 Å². The van der Waals surface area contributed by atoms with Gasteiger partial charge in [0.15, 0.2) is 5.84 Å². The van der Waals surface area contributed by atoms with Gasteiger partial charge in [0.2, 0.25) is 0 Å². The van der Waals surface area contributed by atoms with Crippen molar-refractivity contribution in [1.29, 1.82) is 0 Å². The van der Waals surface area contributed by atoms with Crippen molar-refractivity contribution >= 4 is 39.2 Å². The second-order valence-electron chi connectivity index (χ2n) is 18.7. The summed E-state index contributed by atoms with van der Waals surface area (Å²) in [7, 11) is 0. The average Bonchev–Trinajstić information content (AvgIpc) is 3.88. The predicted octanol–water partition coefficient (Wildman–Crippen LogP) is 14.1. The second-order valence-corrected chi connectivity index (χ2v) is 18.7. The monoisotopic (exact) mass is 775 g/mol. The first kappa shape index (κ1) is 36.5. The van der Waals surface area contributed by atoms with Crippen LogP contribution in [0.15, 0.2) is 174 Å². The first-order valence-electron chi connectivity index (χ1n) is 21.3. The molecule has 0 saturated carbocycles. The van der Waals surface area contributed by atoms with E-state index in [1.807, 2.05) is 24.3 Å². The van der Waals surface area contributed by atoms with Gasteiger partial charge in [-0.25, -0.2) is 9.98 Å². The van der Waals surface area contributed by atoms with Gasteiger partial charge < -0.3 is 0 Å². The van der Waals surface area contributed by atoms with E-state index in [2.05, 4.69) is 186 Å². The fourth-order valence-corrected chi connectivity index (χ4v) is 11.2. The van der Waals surface area contributed by atoms with Crippen molar-refractivity contribution in [3.05, 3.63) is 209 Å². The third kappa shape index (κ3) is 4.61. The lowest BCUT2D eigenvalue weighted by atomic mass is 9.59. The van der Waals surface area contributed by atoms with Crippen LogP contribution in [0, 0.1) is 5.41 Å². The summed E-state index contributed by atoms with van der Waals surface area (Å²) in [4.78, 5) is 10.7. The van der Waals surface area contributed by atoms with Gasteiger partial charge in [0.1, 0.15) is 5.82 Å². The number of rotatable bonds is 4. The number of hydrogen-bond acceptors (Lipinski definition) is 1. The standard InChI is InChI=1S/C57H49N3/c1-35(37-21-11-9-12-22-37)58-53(38-23-13-10-14-24-38)59-36(2)60-51-33-48-42(31-43(51)44-32-49-50(34-52(44)60)55(5,6)56(7,8)54(49,3)4)41-27-17-20-30-47(41)57(48)45-28-18-15-25-39(45)40-26-16-19-29-46(40)57/h9-34H,2H2,1,3-8H3/b58-35?,59-53-. The van der Waals surface area contributed by atoms with E-state index in [1.165, 1.54) is 66.4 Å². The molecule has 292 valence electrons. The molecule has 3 heteroatoms. The van der Waals surface area contributed by atoms with Crippen LogP contribution in [0.4, 0.5) is 0 Å². The molecule has 0 bridgehead atoms. The van der Waals surface area contributed by atoms with Crippen molar-refractivity contribution in [3.8, 4) is 22.3 Å². The molecule has 60 heavy (non-hydrogen) atoms. The second kappa shape index (κ2) is 12.5. The molecule has 0 N–H and O–H groups in total. The van der Waals surface area contributed by atoms with E-state index in [0.717, 1.165) is 27.9 Å². The molecule has 0 saturated heterocycles. The van der Waals surface area contributed by atoms with E-state index in [9.17, 15) is 0 Å². The van der Waals surface area contributed by atoms with Gasteiger partial charge >= 0.3 is 0 Å². The van der Waals surface area contributed by atoms with Crippen LogP contribution in [0.5, 0.6) is 0 Å². The van der Waals surface area contributed by atoms with Gasteiger partial charge in [-0.15, -0.1) is 0 Å². The summed E-state index contributed by atoms with van der Waals surface area (Å²) >= 11 is 0. The fourth-order valence-electron chi connectivity index (χ4n) is 11.2. The molecule has 0 aliphatic heterocycles. The van der Waals surface area contributed by atoms with Gasteiger partial charge in [-0.2, -0.15) is 0 Å². The third-order valence-electron chi connectivity index (χ3n) is 15.5. The number of benzene rings is 7. The lowest BCUT2D eigenvalue weighted by Crippen LogP contribution is -2.42. The topological polar surface area (TPSA) is 29.6 Å². The molecule has 7 aromatic carbocycles. The van der Waals surface area contributed by atoms with Gasteiger partial charge in [0.25, 0.3) is 0 Å². The Balaban J connectivity index is 1.25. The van der Waals surface area contributed by atoms with Crippen molar-refractivity contribution < 1.29 is 0 Å². The summed E-state index contributed by atoms with van der Waals surface area (Å²) in [5.74, 6) is 1.26. The lowest BCUT2D eigenvalue weighted by molar-refractivity contribution is 0.125. The Morgan fingerprint density at radius 3 is 1.43 bits per heavy atom. The summed E-state index contributed by atoms with van der Waals surface area (Å²) in [5.41, 5.74) is 17.8. The molecule has 0 fully saturated rings. The lowest BCUT2D eigenvalue weighted by Gasteiger charge is -2.44. The van der Waals surface area contributed by atoms with Crippen molar-refractivity contribution in [1.82, 2.24) is 4.57 Å². The van der Waals surface area contributed by atoms with Crippen molar-refractivity contribution in [2.75, 3.05) is 0 Å². The van der Waals surface area contributed by atoms with Gasteiger partial charge in [-0.05, 0) is 109 Å². The molecular weight excluding hydrogens is 727 g/mol. The van der Waals surface area contributed by atoms with Gasteiger partial charge in [0, 0.05) is 22.0 Å². The highest BCUT2D eigenvalue weighted by atomic mass is 15.1. The first-order chi connectivity index (χ1) is 28.9. The van der Waals surface area contributed by atoms with Crippen LogP contribution in [0.1, 0.15) is 93.0 Å². The molecule has 1 spiro atoms. The molecule has 3 aliphatic rings. The van der Waals surface area contributed by atoms with Gasteiger partial charge in [-0.1, -0.05) is 182 Å². The molecule has 0 atom stereocenters. The molecule has 11 rings (SSSR count). The molecule has 1 heterocycles. The van der Waals surface area contributed by atoms with Crippen LogP contribution in [0.2, 0.25) is 0 Å². The Morgan fingerprint density at radius 2 is 0.883 bits per heavy atom. The zero-order valence-corrected chi connectivity index (χ0v) is 35.6. The quantitative estimate of drug-likeness (QED) is 0.126. The smallest absolute Gasteiger partial charge is 0.161 e. The molecule has 0 radical (unpaired) electrons. The van der Waals surface area contributed by atoms with Crippen molar-refractivity contribution in [3.63, 3.8) is 0 Å². The number of fused-ring (bicyclic) bond motifs is 14. The number of nitrogens with zero attached hydrogens (tertiary/aromatic N) is 3. The van der Waals surface area contributed by atoms with Crippen molar-refractivity contribution in [2.45, 2.75) is 64.7 Å². The highest BCUT2D eigenvalue weighted by Crippen LogP contribution is 2.65. The molecule has 8 aromatic rings. The normalized spacial score (nSPS) is 17.4.